The zero-order valence-electron chi connectivity index (χ0n) is 11.5. The SMILES string of the molecule is CSCCCNS(=O)(=O)c1c(C)nn(CCO)c1C. The number of hydrogen-bond acceptors (Lipinski definition) is 5. The molecule has 1 aromatic rings. The van der Waals surface area contributed by atoms with Crippen molar-refractivity contribution in [3.8, 4) is 0 Å². The van der Waals surface area contributed by atoms with Crippen molar-refractivity contribution in [3.05, 3.63) is 11.4 Å². The highest BCUT2D eigenvalue weighted by Crippen LogP contribution is 2.19. The lowest BCUT2D eigenvalue weighted by Crippen LogP contribution is -2.26. The maximum Gasteiger partial charge on any atom is 0.244 e. The van der Waals surface area contributed by atoms with E-state index in [-0.39, 0.29) is 11.5 Å². The van der Waals surface area contributed by atoms with Crippen molar-refractivity contribution in [1.29, 1.82) is 0 Å². The molecule has 110 valence electrons. The van der Waals surface area contributed by atoms with Crippen molar-refractivity contribution in [3.63, 3.8) is 0 Å². The van der Waals surface area contributed by atoms with Crippen molar-refractivity contribution in [2.24, 2.45) is 0 Å². The second kappa shape index (κ2) is 7.28. The molecule has 0 aromatic carbocycles. The largest absolute Gasteiger partial charge is 0.394 e. The summed E-state index contributed by atoms with van der Waals surface area (Å²) in [6.45, 7) is 4.02. The van der Waals surface area contributed by atoms with Crippen LogP contribution in [0.2, 0.25) is 0 Å². The fourth-order valence-corrected chi connectivity index (χ4v) is 3.79. The van der Waals surface area contributed by atoms with Gasteiger partial charge in [-0.05, 0) is 32.3 Å². The Morgan fingerprint density at radius 2 is 2.11 bits per heavy atom. The number of aryl methyl sites for hydroxylation is 1. The number of nitrogens with one attached hydrogen (secondary N) is 1. The standard InChI is InChI=1S/C11H21N3O3S2/c1-9-11(10(2)14(13-9)6-7-15)19(16,17)12-5-4-8-18-3/h12,15H,4-8H2,1-3H3. The third kappa shape index (κ3) is 4.20. The first-order valence-corrected chi connectivity index (χ1v) is 8.95. The number of aromatic nitrogens is 2. The van der Waals surface area contributed by atoms with E-state index in [1.807, 2.05) is 6.26 Å². The minimum Gasteiger partial charge on any atom is -0.394 e. The molecule has 0 bridgehead atoms. The zero-order chi connectivity index (χ0) is 14.5. The van der Waals surface area contributed by atoms with E-state index in [1.165, 1.54) is 4.68 Å². The predicted octanol–water partition coefficient (Wildman–Crippen LogP) is 0.524. The Kier molecular flexibility index (Phi) is 6.31. The number of rotatable bonds is 8. The molecule has 0 amide bonds. The number of aliphatic hydroxyl groups excluding tert-OH is 1. The van der Waals surface area contributed by atoms with Gasteiger partial charge in [0.1, 0.15) is 4.90 Å². The number of aliphatic hydroxyl groups is 1. The molecule has 1 heterocycles. The summed E-state index contributed by atoms with van der Waals surface area (Å²) in [5.41, 5.74) is 1.02. The first-order chi connectivity index (χ1) is 8.94. The van der Waals surface area contributed by atoms with E-state index in [0.717, 1.165) is 12.2 Å². The molecule has 0 unspecified atom stereocenters. The topological polar surface area (TPSA) is 84.2 Å². The molecule has 8 heteroatoms. The Bertz CT molecular complexity index is 512. The summed E-state index contributed by atoms with van der Waals surface area (Å²) >= 11 is 1.69. The molecule has 1 aromatic heterocycles. The lowest BCUT2D eigenvalue weighted by molar-refractivity contribution is 0.267. The first kappa shape index (κ1) is 16.5. The summed E-state index contributed by atoms with van der Waals surface area (Å²) in [4.78, 5) is 0.227. The minimum atomic E-state index is -3.52. The molecule has 6 nitrogen and oxygen atoms in total. The Balaban J connectivity index is 2.89. The second-order valence-corrected chi connectivity index (χ2v) is 6.88. The van der Waals surface area contributed by atoms with Gasteiger partial charge in [-0.2, -0.15) is 16.9 Å². The van der Waals surface area contributed by atoms with Crippen molar-refractivity contribution in [1.82, 2.24) is 14.5 Å². The van der Waals surface area contributed by atoms with Crippen LogP contribution in [0.4, 0.5) is 0 Å². The number of sulfonamides is 1. The molecule has 2 N–H and O–H groups in total. The molecule has 19 heavy (non-hydrogen) atoms. The van der Waals surface area contributed by atoms with Crippen LogP contribution >= 0.6 is 11.8 Å². The third-order valence-corrected chi connectivity index (χ3v) is 5.12. The van der Waals surface area contributed by atoms with Crippen molar-refractivity contribution in [2.75, 3.05) is 25.2 Å². The van der Waals surface area contributed by atoms with Crippen LogP contribution in [-0.2, 0) is 16.6 Å². The van der Waals surface area contributed by atoms with Crippen LogP contribution < -0.4 is 4.72 Å². The van der Waals surface area contributed by atoms with Gasteiger partial charge in [0.2, 0.25) is 10.0 Å². The molecular weight excluding hydrogens is 286 g/mol. The summed E-state index contributed by atoms with van der Waals surface area (Å²) in [7, 11) is -3.52. The number of hydrogen-bond donors (Lipinski definition) is 2. The van der Waals surface area contributed by atoms with E-state index >= 15 is 0 Å². The van der Waals surface area contributed by atoms with Crippen LogP contribution in [-0.4, -0.2) is 48.5 Å². The lowest BCUT2D eigenvalue weighted by atomic mass is 10.4. The normalized spacial score (nSPS) is 12.0. The molecule has 0 saturated heterocycles. The van der Waals surface area contributed by atoms with Gasteiger partial charge in [0, 0.05) is 6.54 Å². The average molecular weight is 307 g/mol. The van der Waals surface area contributed by atoms with E-state index in [2.05, 4.69) is 9.82 Å². The molecule has 0 aliphatic carbocycles. The summed E-state index contributed by atoms with van der Waals surface area (Å²) in [5.74, 6) is 0.921. The highest BCUT2D eigenvalue weighted by Gasteiger charge is 2.23. The van der Waals surface area contributed by atoms with Crippen molar-refractivity contribution < 1.29 is 13.5 Å². The Morgan fingerprint density at radius 1 is 1.42 bits per heavy atom. The minimum absolute atomic E-state index is 0.0669. The fraction of sp³-hybridized carbons (Fsp3) is 0.727. The summed E-state index contributed by atoms with van der Waals surface area (Å²) in [6.07, 6.45) is 2.78. The molecule has 1 rings (SSSR count). The van der Waals surface area contributed by atoms with Crippen LogP contribution in [0.3, 0.4) is 0 Å². The summed E-state index contributed by atoms with van der Waals surface area (Å²) in [6, 6.07) is 0. The number of nitrogens with zero attached hydrogens (tertiary/aromatic N) is 2. The van der Waals surface area contributed by atoms with Gasteiger partial charge in [-0.25, -0.2) is 13.1 Å². The lowest BCUT2D eigenvalue weighted by Gasteiger charge is -2.07. The monoisotopic (exact) mass is 307 g/mol. The van der Waals surface area contributed by atoms with Gasteiger partial charge in [-0.15, -0.1) is 0 Å². The quantitative estimate of drug-likeness (QED) is 0.684. The Hall–Kier alpha value is -0.570. The highest BCUT2D eigenvalue weighted by molar-refractivity contribution is 7.98. The van der Waals surface area contributed by atoms with E-state index in [1.54, 1.807) is 25.6 Å². The molecule has 0 fully saturated rings. The van der Waals surface area contributed by atoms with E-state index in [4.69, 9.17) is 5.11 Å². The van der Waals surface area contributed by atoms with Gasteiger partial charge in [-0.1, -0.05) is 0 Å². The fourth-order valence-electron chi connectivity index (χ4n) is 1.88. The average Bonchev–Trinajstić information content (AvgIpc) is 2.61. The number of thioether (sulfide) groups is 1. The smallest absolute Gasteiger partial charge is 0.244 e. The second-order valence-electron chi connectivity index (χ2n) is 4.19. The van der Waals surface area contributed by atoms with Gasteiger partial charge >= 0.3 is 0 Å². The molecular formula is C11H21N3O3S2. The summed E-state index contributed by atoms with van der Waals surface area (Å²) < 4.78 is 28.6. The van der Waals surface area contributed by atoms with Crippen LogP contribution in [0.5, 0.6) is 0 Å². The van der Waals surface area contributed by atoms with Crippen molar-refractivity contribution in [2.45, 2.75) is 31.7 Å². The van der Waals surface area contributed by atoms with Gasteiger partial charge in [0.25, 0.3) is 0 Å². The third-order valence-electron chi connectivity index (χ3n) is 2.71. The molecule has 0 atom stereocenters. The summed E-state index contributed by atoms with van der Waals surface area (Å²) in [5, 5.41) is 13.1. The Labute approximate surface area is 118 Å². The molecule has 0 saturated carbocycles. The predicted molar refractivity (Wildman–Crippen MR) is 77.0 cm³/mol. The zero-order valence-corrected chi connectivity index (χ0v) is 13.1. The van der Waals surface area contributed by atoms with Crippen molar-refractivity contribution >= 4 is 21.8 Å². The van der Waals surface area contributed by atoms with Gasteiger partial charge in [0.05, 0.1) is 24.5 Å². The van der Waals surface area contributed by atoms with Crippen LogP contribution in [0.25, 0.3) is 0 Å². The van der Waals surface area contributed by atoms with Gasteiger partial charge in [0.15, 0.2) is 0 Å². The van der Waals surface area contributed by atoms with E-state index in [0.29, 0.717) is 24.5 Å². The highest BCUT2D eigenvalue weighted by atomic mass is 32.2. The maximum absolute atomic E-state index is 12.2. The van der Waals surface area contributed by atoms with Gasteiger partial charge in [-0.3, -0.25) is 4.68 Å². The first-order valence-electron chi connectivity index (χ1n) is 6.07. The molecule has 0 aliphatic heterocycles. The maximum atomic E-state index is 12.2. The Morgan fingerprint density at radius 3 is 2.68 bits per heavy atom. The molecule has 0 spiro atoms. The van der Waals surface area contributed by atoms with Crippen LogP contribution in [0.15, 0.2) is 4.90 Å². The van der Waals surface area contributed by atoms with E-state index < -0.39 is 10.0 Å². The van der Waals surface area contributed by atoms with Crippen LogP contribution in [0, 0.1) is 13.8 Å². The van der Waals surface area contributed by atoms with Gasteiger partial charge < -0.3 is 5.11 Å². The molecule has 0 aliphatic rings. The van der Waals surface area contributed by atoms with Crippen LogP contribution in [0.1, 0.15) is 17.8 Å². The molecule has 0 radical (unpaired) electrons. The van der Waals surface area contributed by atoms with E-state index in [9.17, 15) is 8.42 Å².